The summed E-state index contributed by atoms with van der Waals surface area (Å²) in [5, 5.41) is 12.4. The molecule has 0 spiro atoms. The van der Waals surface area contributed by atoms with Gasteiger partial charge in [-0.1, -0.05) is 18.2 Å². The Kier molecular flexibility index (Phi) is 4.81. The first-order valence-corrected chi connectivity index (χ1v) is 9.33. The maximum Gasteiger partial charge on any atom is 0.253 e. The Morgan fingerprint density at radius 1 is 1.00 bits per heavy atom. The molecule has 2 amide bonds. The van der Waals surface area contributed by atoms with E-state index in [1.54, 1.807) is 12.1 Å². The normalized spacial score (nSPS) is 20.5. The number of amides is 2. The summed E-state index contributed by atoms with van der Waals surface area (Å²) >= 11 is 0. The van der Waals surface area contributed by atoms with Crippen LogP contribution in [0.15, 0.2) is 48.5 Å². The van der Waals surface area contributed by atoms with Gasteiger partial charge in [0, 0.05) is 37.4 Å². The van der Waals surface area contributed by atoms with Crippen LogP contribution in [0.25, 0.3) is 0 Å². The molecule has 1 saturated heterocycles. The molecular formula is C21H23N3O3. The first-order valence-electron chi connectivity index (χ1n) is 9.33. The van der Waals surface area contributed by atoms with Crippen LogP contribution in [0.1, 0.15) is 22.3 Å². The van der Waals surface area contributed by atoms with E-state index in [9.17, 15) is 14.7 Å². The first-order chi connectivity index (χ1) is 13.1. The molecule has 2 aromatic rings. The third kappa shape index (κ3) is 3.66. The number of phenols is 1. The van der Waals surface area contributed by atoms with Crippen molar-refractivity contribution in [2.75, 3.05) is 31.5 Å². The van der Waals surface area contributed by atoms with Gasteiger partial charge in [0.2, 0.25) is 5.91 Å². The number of aromatic hydroxyl groups is 1. The molecule has 6 nitrogen and oxygen atoms in total. The Hall–Kier alpha value is -2.86. The number of fused-ring (bicyclic) bond motifs is 1. The Labute approximate surface area is 158 Å². The molecule has 2 aromatic carbocycles. The van der Waals surface area contributed by atoms with Gasteiger partial charge in [-0.2, -0.15) is 0 Å². The van der Waals surface area contributed by atoms with Crippen molar-refractivity contribution in [1.29, 1.82) is 0 Å². The van der Waals surface area contributed by atoms with Crippen LogP contribution in [-0.4, -0.2) is 58.9 Å². The number of piperazine rings is 1. The molecule has 0 aliphatic carbocycles. The van der Waals surface area contributed by atoms with Crippen LogP contribution in [0.4, 0.5) is 5.69 Å². The van der Waals surface area contributed by atoms with Gasteiger partial charge >= 0.3 is 0 Å². The maximum absolute atomic E-state index is 12.7. The van der Waals surface area contributed by atoms with E-state index in [1.807, 2.05) is 23.1 Å². The lowest BCUT2D eigenvalue weighted by molar-refractivity contribution is -0.122. The molecule has 2 aliphatic rings. The fraction of sp³-hybridized carbons (Fsp3) is 0.333. The monoisotopic (exact) mass is 365 g/mol. The average molecular weight is 365 g/mol. The van der Waals surface area contributed by atoms with Gasteiger partial charge in [0.15, 0.2) is 0 Å². The van der Waals surface area contributed by atoms with Crippen molar-refractivity contribution < 1.29 is 14.7 Å². The van der Waals surface area contributed by atoms with Gasteiger partial charge in [-0.15, -0.1) is 0 Å². The van der Waals surface area contributed by atoms with Crippen molar-refractivity contribution in [3.8, 4) is 5.75 Å². The van der Waals surface area contributed by atoms with Crippen LogP contribution in [0.2, 0.25) is 0 Å². The fourth-order valence-electron chi connectivity index (χ4n) is 3.87. The summed E-state index contributed by atoms with van der Waals surface area (Å²) in [5.41, 5.74) is 2.66. The largest absolute Gasteiger partial charge is 0.508 e. The molecule has 2 N–H and O–H groups in total. The number of anilines is 1. The second-order valence-electron chi connectivity index (χ2n) is 7.08. The molecule has 2 heterocycles. The van der Waals surface area contributed by atoms with Crippen LogP contribution in [0, 0.1) is 0 Å². The summed E-state index contributed by atoms with van der Waals surface area (Å²) < 4.78 is 0. The zero-order chi connectivity index (χ0) is 18.8. The van der Waals surface area contributed by atoms with Gasteiger partial charge < -0.3 is 15.3 Å². The van der Waals surface area contributed by atoms with Gasteiger partial charge in [-0.25, -0.2) is 0 Å². The first kappa shape index (κ1) is 17.5. The molecule has 0 saturated carbocycles. The lowest BCUT2D eigenvalue weighted by Crippen LogP contribution is -2.54. The maximum atomic E-state index is 12.7. The Morgan fingerprint density at radius 2 is 1.70 bits per heavy atom. The topological polar surface area (TPSA) is 72.9 Å². The predicted octanol–water partition coefficient (Wildman–Crippen LogP) is 2.10. The Balaban J connectivity index is 1.38. The van der Waals surface area contributed by atoms with Crippen molar-refractivity contribution in [2.24, 2.45) is 0 Å². The van der Waals surface area contributed by atoms with E-state index in [0.29, 0.717) is 31.7 Å². The smallest absolute Gasteiger partial charge is 0.253 e. The standard InChI is InChI=1S/C21H23N3O3/c25-17-8-5-16(6-9-17)21(27)24-13-11-23(12-14-24)19-10-7-15-3-1-2-4-18(15)22-20(19)26/h1-6,8-9,19,25H,7,10-14H2,(H,22,26). The summed E-state index contributed by atoms with van der Waals surface area (Å²) in [7, 11) is 0. The molecule has 140 valence electrons. The van der Waals surface area contributed by atoms with E-state index in [1.165, 1.54) is 17.7 Å². The molecule has 1 unspecified atom stereocenters. The summed E-state index contributed by atoms with van der Waals surface area (Å²) in [5.74, 6) is 0.155. The minimum absolute atomic E-state index is 0.0348. The highest BCUT2D eigenvalue weighted by Crippen LogP contribution is 2.24. The number of rotatable bonds is 2. The summed E-state index contributed by atoms with van der Waals surface area (Å²) in [6.45, 7) is 2.55. The number of carbonyl (C=O) groups excluding carboxylic acids is 2. The lowest BCUT2D eigenvalue weighted by Gasteiger charge is -2.38. The van der Waals surface area contributed by atoms with Crippen molar-refractivity contribution >= 4 is 17.5 Å². The van der Waals surface area contributed by atoms with Crippen molar-refractivity contribution in [3.63, 3.8) is 0 Å². The summed E-state index contributed by atoms with van der Waals surface area (Å²) in [6.07, 6.45) is 1.65. The van der Waals surface area contributed by atoms with Crippen LogP contribution in [0.3, 0.4) is 0 Å². The lowest BCUT2D eigenvalue weighted by atomic mass is 10.0. The van der Waals surface area contributed by atoms with E-state index < -0.39 is 0 Å². The third-order valence-corrected chi connectivity index (χ3v) is 5.42. The molecular weight excluding hydrogens is 342 g/mol. The summed E-state index contributed by atoms with van der Waals surface area (Å²) in [6, 6.07) is 14.1. The highest BCUT2D eigenvalue weighted by Gasteiger charge is 2.32. The quantitative estimate of drug-likeness (QED) is 0.855. The van der Waals surface area contributed by atoms with Gasteiger partial charge in [0.05, 0.1) is 6.04 Å². The number of aryl methyl sites for hydroxylation is 1. The average Bonchev–Trinajstić information content (AvgIpc) is 2.86. The minimum Gasteiger partial charge on any atom is -0.508 e. The SMILES string of the molecule is O=C1Nc2ccccc2CCC1N1CCN(C(=O)c2ccc(O)cc2)CC1. The second kappa shape index (κ2) is 7.40. The molecule has 0 bridgehead atoms. The van der Waals surface area contributed by atoms with Crippen molar-refractivity contribution in [2.45, 2.75) is 18.9 Å². The van der Waals surface area contributed by atoms with Gasteiger partial charge in [0.1, 0.15) is 5.75 Å². The van der Waals surface area contributed by atoms with Crippen LogP contribution in [0.5, 0.6) is 5.75 Å². The number of carbonyl (C=O) groups is 2. The number of hydrogen-bond donors (Lipinski definition) is 2. The van der Waals surface area contributed by atoms with E-state index >= 15 is 0 Å². The van der Waals surface area contributed by atoms with Crippen molar-refractivity contribution in [1.82, 2.24) is 9.80 Å². The zero-order valence-electron chi connectivity index (χ0n) is 15.1. The number of para-hydroxylation sites is 1. The van der Waals surface area contributed by atoms with Gasteiger partial charge in [0.25, 0.3) is 5.91 Å². The Morgan fingerprint density at radius 3 is 2.44 bits per heavy atom. The molecule has 1 atom stereocenters. The minimum atomic E-state index is -0.164. The van der Waals surface area contributed by atoms with Crippen LogP contribution >= 0.6 is 0 Å². The molecule has 2 aliphatic heterocycles. The second-order valence-corrected chi connectivity index (χ2v) is 7.08. The van der Waals surface area contributed by atoms with E-state index in [-0.39, 0.29) is 23.6 Å². The molecule has 6 heteroatoms. The molecule has 1 fully saturated rings. The fourth-order valence-corrected chi connectivity index (χ4v) is 3.87. The van der Waals surface area contributed by atoms with Crippen molar-refractivity contribution in [3.05, 3.63) is 59.7 Å². The number of benzene rings is 2. The van der Waals surface area contributed by atoms with Crippen LogP contribution < -0.4 is 5.32 Å². The molecule has 0 aromatic heterocycles. The number of hydrogen-bond acceptors (Lipinski definition) is 4. The Bertz CT molecular complexity index is 842. The van der Waals surface area contributed by atoms with Crippen LogP contribution in [-0.2, 0) is 11.2 Å². The molecule has 27 heavy (non-hydrogen) atoms. The number of nitrogens with zero attached hydrogens (tertiary/aromatic N) is 2. The highest BCUT2D eigenvalue weighted by molar-refractivity contribution is 5.96. The molecule has 0 radical (unpaired) electrons. The van der Waals surface area contributed by atoms with E-state index in [4.69, 9.17) is 0 Å². The third-order valence-electron chi connectivity index (χ3n) is 5.42. The van der Waals surface area contributed by atoms with E-state index in [2.05, 4.69) is 16.3 Å². The number of phenolic OH excluding ortho intramolecular Hbond substituents is 1. The molecule has 4 rings (SSSR count). The highest BCUT2D eigenvalue weighted by atomic mass is 16.3. The number of nitrogens with one attached hydrogen (secondary N) is 1. The van der Waals surface area contributed by atoms with Gasteiger partial charge in [-0.3, -0.25) is 14.5 Å². The predicted molar refractivity (Wildman–Crippen MR) is 103 cm³/mol. The zero-order valence-corrected chi connectivity index (χ0v) is 15.1. The summed E-state index contributed by atoms with van der Waals surface area (Å²) in [4.78, 5) is 29.3. The van der Waals surface area contributed by atoms with Gasteiger partial charge in [-0.05, 0) is 48.7 Å². The van der Waals surface area contributed by atoms with E-state index in [0.717, 1.165) is 18.5 Å².